The van der Waals surface area contributed by atoms with Crippen molar-refractivity contribution < 1.29 is 32.4 Å². The molecule has 0 aliphatic heterocycles. The molecule has 1 aromatic heterocycles. The Morgan fingerprint density at radius 3 is 2.38 bits per heavy atom. The SMILES string of the molecule is COc1ccc(-c2cc(C(F)(F)F)nc(SCC(=O)Nc3cc([N+](=O)[O-])ccc3OC)n2)cc1. The molecule has 9 nitrogen and oxygen atoms in total. The number of hydrogen-bond donors (Lipinski definition) is 1. The molecular formula is C21H17F3N4O5S. The lowest BCUT2D eigenvalue weighted by Crippen LogP contribution is -2.16. The van der Waals surface area contributed by atoms with Crippen LogP contribution in [-0.4, -0.2) is 40.8 Å². The van der Waals surface area contributed by atoms with Crippen LogP contribution in [0.5, 0.6) is 11.5 Å². The third kappa shape index (κ3) is 6.13. The van der Waals surface area contributed by atoms with Crippen LogP contribution in [0.1, 0.15) is 5.69 Å². The fourth-order valence-electron chi connectivity index (χ4n) is 2.77. The second-order valence-electron chi connectivity index (χ2n) is 6.63. The van der Waals surface area contributed by atoms with E-state index >= 15 is 0 Å². The van der Waals surface area contributed by atoms with Crippen molar-refractivity contribution in [2.45, 2.75) is 11.3 Å². The number of thioether (sulfide) groups is 1. The molecule has 178 valence electrons. The number of nitrogens with one attached hydrogen (secondary N) is 1. The number of carbonyl (C=O) groups excluding carboxylic acids is 1. The van der Waals surface area contributed by atoms with Crippen LogP contribution >= 0.6 is 11.8 Å². The summed E-state index contributed by atoms with van der Waals surface area (Å²) in [5.41, 5.74) is -0.952. The quantitative estimate of drug-likeness (QED) is 0.205. The van der Waals surface area contributed by atoms with Crippen molar-refractivity contribution in [1.82, 2.24) is 9.97 Å². The van der Waals surface area contributed by atoms with E-state index in [4.69, 9.17) is 9.47 Å². The first-order chi connectivity index (χ1) is 16.1. The number of amides is 1. The largest absolute Gasteiger partial charge is 0.497 e. The molecule has 0 bridgehead atoms. The maximum atomic E-state index is 13.4. The first-order valence-corrected chi connectivity index (χ1v) is 10.4. The number of ether oxygens (including phenoxy) is 2. The van der Waals surface area contributed by atoms with Crippen molar-refractivity contribution in [3.8, 4) is 22.8 Å². The van der Waals surface area contributed by atoms with Gasteiger partial charge in [0.15, 0.2) is 5.16 Å². The molecule has 13 heteroatoms. The van der Waals surface area contributed by atoms with Crippen molar-refractivity contribution in [2.24, 2.45) is 0 Å². The van der Waals surface area contributed by atoms with Crippen molar-refractivity contribution in [3.63, 3.8) is 0 Å². The van der Waals surface area contributed by atoms with E-state index in [1.54, 1.807) is 24.3 Å². The fourth-order valence-corrected chi connectivity index (χ4v) is 3.43. The molecular weight excluding hydrogens is 477 g/mol. The third-order valence-corrected chi connectivity index (χ3v) is 5.23. The van der Waals surface area contributed by atoms with Gasteiger partial charge in [0.05, 0.1) is 36.3 Å². The zero-order chi connectivity index (χ0) is 24.9. The summed E-state index contributed by atoms with van der Waals surface area (Å²) in [7, 11) is 2.78. The van der Waals surface area contributed by atoms with Crippen molar-refractivity contribution >= 4 is 29.0 Å². The number of hydrogen-bond acceptors (Lipinski definition) is 8. The molecule has 1 amide bonds. The minimum absolute atomic E-state index is 0.0215. The lowest BCUT2D eigenvalue weighted by Gasteiger charge is -2.12. The number of methoxy groups -OCH3 is 2. The third-order valence-electron chi connectivity index (χ3n) is 4.38. The summed E-state index contributed by atoms with van der Waals surface area (Å²) in [4.78, 5) is 30.4. The number of rotatable bonds is 8. The highest BCUT2D eigenvalue weighted by Crippen LogP contribution is 2.33. The van der Waals surface area contributed by atoms with Crippen LogP contribution < -0.4 is 14.8 Å². The highest BCUT2D eigenvalue weighted by Gasteiger charge is 2.34. The topological polar surface area (TPSA) is 116 Å². The highest BCUT2D eigenvalue weighted by molar-refractivity contribution is 7.99. The van der Waals surface area contributed by atoms with Gasteiger partial charge in [-0.1, -0.05) is 11.8 Å². The van der Waals surface area contributed by atoms with Gasteiger partial charge in [0.25, 0.3) is 5.69 Å². The van der Waals surface area contributed by atoms with Crippen LogP contribution in [0.3, 0.4) is 0 Å². The molecule has 3 rings (SSSR count). The summed E-state index contributed by atoms with van der Waals surface area (Å²) >= 11 is 0.685. The lowest BCUT2D eigenvalue weighted by atomic mass is 10.1. The standard InChI is InChI=1S/C21H17F3N4O5S/c1-32-14-6-3-12(4-7-14)15-10-18(21(22,23)24)27-20(26-15)34-11-19(29)25-16-9-13(28(30)31)5-8-17(16)33-2/h3-10H,11H2,1-2H3,(H,25,29). The monoisotopic (exact) mass is 494 g/mol. The maximum absolute atomic E-state index is 13.4. The van der Waals surface area contributed by atoms with E-state index in [2.05, 4.69) is 15.3 Å². The van der Waals surface area contributed by atoms with E-state index in [-0.39, 0.29) is 33.7 Å². The molecule has 0 aliphatic carbocycles. The number of halogens is 3. The molecule has 0 radical (unpaired) electrons. The van der Waals surface area contributed by atoms with Gasteiger partial charge in [-0.05, 0) is 36.4 Å². The molecule has 0 fully saturated rings. The molecule has 2 aromatic carbocycles. The van der Waals surface area contributed by atoms with Gasteiger partial charge in [0.2, 0.25) is 5.91 Å². The van der Waals surface area contributed by atoms with E-state index in [1.165, 1.54) is 26.4 Å². The highest BCUT2D eigenvalue weighted by atomic mass is 32.2. The summed E-state index contributed by atoms with van der Waals surface area (Å²) in [6.07, 6.45) is -4.72. The van der Waals surface area contributed by atoms with Gasteiger partial charge in [-0.2, -0.15) is 13.2 Å². The molecule has 0 spiro atoms. The number of non-ortho nitro benzene ring substituents is 1. The van der Waals surface area contributed by atoms with E-state index in [0.29, 0.717) is 23.1 Å². The first-order valence-electron chi connectivity index (χ1n) is 9.46. The van der Waals surface area contributed by atoms with Crippen LogP contribution in [-0.2, 0) is 11.0 Å². The lowest BCUT2D eigenvalue weighted by molar-refractivity contribution is -0.384. The smallest absolute Gasteiger partial charge is 0.433 e. The van der Waals surface area contributed by atoms with Crippen LogP contribution in [0.4, 0.5) is 24.5 Å². The molecule has 0 atom stereocenters. The zero-order valence-electron chi connectivity index (χ0n) is 17.8. The summed E-state index contributed by atoms with van der Waals surface area (Å²) in [5, 5.41) is 13.2. The van der Waals surface area contributed by atoms with Crippen LogP contribution in [0.25, 0.3) is 11.3 Å². The Bertz CT molecular complexity index is 1210. The molecule has 3 aromatic rings. The van der Waals surface area contributed by atoms with Gasteiger partial charge >= 0.3 is 6.18 Å². The summed E-state index contributed by atoms with van der Waals surface area (Å²) < 4.78 is 50.3. The predicted molar refractivity (Wildman–Crippen MR) is 118 cm³/mol. The van der Waals surface area contributed by atoms with Crippen molar-refractivity contribution in [2.75, 3.05) is 25.3 Å². The minimum atomic E-state index is -4.72. The average Bonchev–Trinajstić information content (AvgIpc) is 2.82. The number of nitrogens with zero attached hydrogens (tertiary/aromatic N) is 3. The van der Waals surface area contributed by atoms with Gasteiger partial charge < -0.3 is 14.8 Å². The Kier molecular flexibility index (Phi) is 7.56. The Morgan fingerprint density at radius 1 is 1.09 bits per heavy atom. The van der Waals surface area contributed by atoms with Gasteiger partial charge in [0, 0.05) is 17.7 Å². The maximum Gasteiger partial charge on any atom is 0.433 e. The number of aromatic nitrogens is 2. The van der Waals surface area contributed by atoms with Crippen LogP contribution in [0.15, 0.2) is 53.7 Å². The second kappa shape index (κ2) is 10.4. The van der Waals surface area contributed by atoms with E-state index < -0.39 is 22.7 Å². The Hall–Kier alpha value is -3.87. The van der Waals surface area contributed by atoms with Crippen LogP contribution in [0, 0.1) is 10.1 Å². The van der Waals surface area contributed by atoms with Crippen molar-refractivity contribution in [3.05, 3.63) is 64.3 Å². The number of nitro groups is 1. The molecule has 0 saturated carbocycles. The van der Waals surface area contributed by atoms with E-state index in [9.17, 15) is 28.1 Å². The average molecular weight is 494 g/mol. The van der Waals surface area contributed by atoms with Gasteiger partial charge in [-0.25, -0.2) is 9.97 Å². The number of nitro benzene ring substituents is 1. The predicted octanol–water partition coefficient (Wildman–Crippen LogP) is 4.82. The summed E-state index contributed by atoms with van der Waals surface area (Å²) in [5.74, 6) is -0.288. The molecule has 1 N–H and O–H groups in total. The Labute approximate surface area is 195 Å². The zero-order valence-corrected chi connectivity index (χ0v) is 18.6. The number of anilines is 1. The van der Waals surface area contributed by atoms with Gasteiger partial charge in [-0.3, -0.25) is 14.9 Å². The first kappa shape index (κ1) is 24.8. The van der Waals surface area contributed by atoms with E-state index in [0.717, 1.165) is 12.1 Å². The summed E-state index contributed by atoms with van der Waals surface area (Å²) in [6.45, 7) is 0. The second-order valence-corrected chi connectivity index (χ2v) is 7.57. The number of carbonyl (C=O) groups is 1. The Balaban J connectivity index is 1.81. The normalized spacial score (nSPS) is 11.1. The van der Waals surface area contributed by atoms with Crippen molar-refractivity contribution in [1.29, 1.82) is 0 Å². The molecule has 0 unspecified atom stereocenters. The number of alkyl halides is 3. The van der Waals surface area contributed by atoms with E-state index in [1.807, 2.05) is 0 Å². The molecule has 0 saturated heterocycles. The number of benzene rings is 2. The molecule has 1 heterocycles. The van der Waals surface area contributed by atoms with Gasteiger partial charge in [0.1, 0.15) is 17.2 Å². The fraction of sp³-hybridized carbons (Fsp3) is 0.190. The molecule has 0 aliphatic rings. The minimum Gasteiger partial charge on any atom is -0.497 e. The van der Waals surface area contributed by atoms with Gasteiger partial charge in [-0.15, -0.1) is 0 Å². The summed E-state index contributed by atoms with van der Waals surface area (Å²) in [6, 6.07) is 10.7. The van der Waals surface area contributed by atoms with Crippen LogP contribution in [0.2, 0.25) is 0 Å². The Morgan fingerprint density at radius 2 is 1.79 bits per heavy atom. The molecule has 34 heavy (non-hydrogen) atoms.